The number of carbonyl (C=O) groups is 1. The number of ether oxygens (including phenoxy) is 2. The molecule has 0 aliphatic heterocycles. The molecule has 0 bridgehead atoms. The fourth-order valence-corrected chi connectivity index (χ4v) is 2.24. The molecule has 0 unspecified atom stereocenters. The first kappa shape index (κ1) is 17.4. The van der Waals surface area contributed by atoms with Gasteiger partial charge in [0.05, 0.1) is 20.8 Å². The molecule has 1 heterocycles. The quantitative estimate of drug-likeness (QED) is 0.730. The van der Waals surface area contributed by atoms with Crippen LogP contribution in [0.4, 0.5) is 4.39 Å². The second kappa shape index (κ2) is 7.64. The summed E-state index contributed by atoms with van der Waals surface area (Å²) < 4.78 is 28.4. The van der Waals surface area contributed by atoms with Crippen LogP contribution in [0.25, 0.3) is 11.4 Å². The number of hydrogen-bond acceptors (Lipinski definition) is 6. The number of amides is 1. The molecule has 0 aliphatic carbocycles. The van der Waals surface area contributed by atoms with Crippen molar-refractivity contribution in [3.63, 3.8) is 0 Å². The first-order valence-electron chi connectivity index (χ1n) is 7.69. The Morgan fingerprint density at radius 2 is 1.77 bits per heavy atom. The smallest absolute Gasteiger partial charge is 0.251 e. The van der Waals surface area contributed by atoms with Gasteiger partial charge in [-0.1, -0.05) is 5.16 Å². The Morgan fingerprint density at radius 1 is 1.12 bits per heavy atom. The minimum atomic E-state index is -0.349. The molecule has 0 radical (unpaired) electrons. The molecule has 1 amide bonds. The first-order valence-corrected chi connectivity index (χ1v) is 7.69. The molecule has 0 saturated heterocycles. The SMILES string of the molecule is COc1cc(OC)cc(C(=O)NCc2nc(-c3ccc(F)cc3)no2)c1. The van der Waals surface area contributed by atoms with Crippen LogP contribution in [0.2, 0.25) is 0 Å². The summed E-state index contributed by atoms with van der Waals surface area (Å²) >= 11 is 0. The number of halogens is 1. The van der Waals surface area contributed by atoms with Crippen molar-refractivity contribution in [1.82, 2.24) is 15.5 Å². The summed E-state index contributed by atoms with van der Waals surface area (Å²) in [6, 6.07) is 10.6. The van der Waals surface area contributed by atoms with Gasteiger partial charge in [0.2, 0.25) is 11.7 Å². The van der Waals surface area contributed by atoms with Gasteiger partial charge in [-0.05, 0) is 36.4 Å². The van der Waals surface area contributed by atoms with Crippen molar-refractivity contribution in [2.24, 2.45) is 0 Å². The summed E-state index contributed by atoms with van der Waals surface area (Å²) in [6.45, 7) is 0.0482. The summed E-state index contributed by atoms with van der Waals surface area (Å²) in [6.07, 6.45) is 0. The molecule has 2 aromatic carbocycles. The van der Waals surface area contributed by atoms with E-state index in [1.807, 2.05) is 0 Å². The molecule has 0 fully saturated rings. The van der Waals surface area contributed by atoms with Crippen LogP contribution in [0.3, 0.4) is 0 Å². The van der Waals surface area contributed by atoms with Gasteiger partial charge in [-0.3, -0.25) is 4.79 Å². The summed E-state index contributed by atoms with van der Waals surface area (Å²) in [5, 5.41) is 6.51. The average molecular weight is 357 g/mol. The van der Waals surface area contributed by atoms with E-state index in [0.29, 0.717) is 28.5 Å². The third kappa shape index (κ3) is 3.97. The zero-order valence-corrected chi connectivity index (χ0v) is 14.2. The molecule has 8 heteroatoms. The number of rotatable bonds is 6. The molecule has 0 atom stereocenters. The van der Waals surface area contributed by atoms with Crippen molar-refractivity contribution in [1.29, 1.82) is 0 Å². The Bertz CT molecular complexity index is 887. The third-order valence-corrected chi connectivity index (χ3v) is 3.58. The van der Waals surface area contributed by atoms with E-state index in [1.165, 1.54) is 26.4 Å². The Balaban J connectivity index is 1.67. The van der Waals surface area contributed by atoms with Crippen molar-refractivity contribution in [2.75, 3.05) is 14.2 Å². The first-order chi connectivity index (χ1) is 12.6. The zero-order chi connectivity index (χ0) is 18.5. The number of methoxy groups -OCH3 is 2. The lowest BCUT2D eigenvalue weighted by atomic mass is 10.2. The predicted octanol–water partition coefficient (Wildman–Crippen LogP) is 2.82. The van der Waals surface area contributed by atoms with Gasteiger partial charge >= 0.3 is 0 Å². The second-order valence-electron chi connectivity index (χ2n) is 5.30. The minimum Gasteiger partial charge on any atom is -0.497 e. The fourth-order valence-electron chi connectivity index (χ4n) is 2.24. The lowest BCUT2D eigenvalue weighted by Crippen LogP contribution is -2.23. The average Bonchev–Trinajstić information content (AvgIpc) is 3.15. The van der Waals surface area contributed by atoms with Gasteiger partial charge in [0.25, 0.3) is 5.91 Å². The molecule has 134 valence electrons. The van der Waals surface area contributed by atoms with E-state index in [9.17, 15) is 9.18 Å². The molecular formula is C18H16FN3O4. The lowest BCUT2D eigenvalue weighted by Gasteiger charge is -2.08. The van der Waals surface area contributed by atoms with Gasteiger partial charge in [-0.15, -0.1) is 0 Å². The highest BCUT2D eigenvalue weighted by Crippen LogP contribution is 2.22. The molecular weight excluding hydrogens is 341 g/mol. The van der Waals surface area contributed by atoms with Gasteiger partial charge in [0.15, 0.2) is 0 Å². The highest BCUT2D eigenvalue weighted by atomic mass is 19.1. The van der Waals surface area contributed by atoms with Crippen LogP contribution in [-0.2, 0) is 6.54 Å². The Kier molecular flexibility index (Phi) is 5.12. The normalized spacial score (nSPS) is 10.4. The summed E-state index contributed by atoms with van der Waals surface area (Å²) in [5.41, 5.74) is 0.990. The van der Waals surface area contributed by atoms with Crippen molar-refractivity contribution < 1.29 is 23.2 Å². The molecule has 0 aliphatic rings. The van der Waals surface area contributed by atoms with E-state index in [-0.39, 0.29) is 24.2 Å². The van der Waals surface area contributed by atoms with E-state index < -0.39 is 0 Å². The van der Waals surface area contributed by atoms with Crippen LogP contribution in [0, 0.1) is 5.82 Å². The summed E-state index contributed by atoms with van der Waals surface area (Å²) in [4.78, 5) is 16.5. The van der Waals surface area contributed by atoms with Crippen LogP contribution >= 0.6 is 0 Å². The Hall–Kier alpha value is -3.42. The molecule has 26 heavy (non-hydrogen) atoms. The lowest BCUT2D eigenvalue weighted by molar-refractivity contribution is 0.0945. The zero-order valence-electron chi connectivity index (χ0n) is 14.2. The van der Waals surface area contributed by atoms with Crippen LogP contribution in [0.5, 0.6) is 11.5 Å². The summed E-state index contributed by atoms with van der Waals surface area (Å²) in [7, 11) is 3.01. The van der Waals surface area contributed by atoms with Crippen molar-refractivity contribution in [3.8, 4) is 22.9 Å². The molecule has 7 nitrogen and oxygen atoms in total. The molecule has 1 aromatic heterocycles. The molecule has 3 rings (SSSR count). The van der Waals surface area contributed by atoms with E-state index in [4.69, 9.17) is 14.0 Å². The maximum absolute atomic E-state index is 13.0. The monoisotopic (exact) mass is 357 g/mol. The number of nitrogens with one attached hydrogen (secondary N) is 1. The van der Waals surface area contributed by atoms with E-state index in [0.717, 1.165) is 0 Å². The molecule has 1 N–H and O–H groups in total. The second-order valence-corrected chi connectivity index (χ2v) is 5.30. The minimum absolute atomic E-state index is 0.0482. The molecule has 0 saturated carbocycles. The summed E-state index contributed by atoms with van der Waals surface area (Å²) in [5.74, 6) is 0.865. The number of hydrogen-bond donors (Lipinski definition) is 1. The number of benzene rings is 2. The van der Waals surface area contributed by atoms with Crippen LogP contribution in [0.15, 0.2) is 47.0 Å². The maximum atomic E-state index is 13.0. The topological polar surface area (TPSA) is 86.5 Å². The highest BCUT2D eigenvalue weighted by molar-refractivity contribution is 5.95. The van der Waals surface area contributed by atoms with Crippen molar-refractivity contribution >= 4 is 5.91 Å². The maximum Gasteiger partial charge on any atom is 0.251 e. The predicted molar refractivity (Wildman–Crippen MR) is 90.4 cm³/mol. The van der Waals surface area contributed by atoms with Gasteiger partial charge < -0.3 is 19.3 Å². The largest absolute Gasteiger partial charge is 0.497 e. The number of carbonyl (C=O) groups excluding carboxylic acids is 1. The van der Waals surface area contributed by atoms with Crippen molar-refractivity contribution in [2.45, 2.75) is 6.54 Å². The standard InChI is InChI=1S/C18H16FN3O4/c1-24-14-7-12(8-15(9-14)25-2)18(23)20-10-16-21-17(22-26-16)11-3-5-13(19)6-4-11/h3-9H,10H2,1-2H3,(H,20,23). The van der Waals surface area contributed by atoms with Crippen LogP contribution in [-0.4, -0.2) is 30.3 Å². The van der Waals surface area contributed by atoms with Gasteiger partial charge in [0.1, 0.15) is 17.3 Å². The van der Waals surface area contributed by atoms with E-state index in [2.05, 4.69) is 15.5 Å². The van der Waals surface area contributed by atoms with Gasteiger partial charge in [0, 0.05) is 17.2 Å². The number of aromatic nitrogens is 2. The van der Waals surface area contributed by atoms with Crippen LogP contribution < -0.4 is 14.8 Å². The molecule has 0 spiro atoms. The molecule has 3 aromatic rings. The Labute approximate surface area is 148 Å². The van der Waals surface area contributed by atoms with Gasteiger partial charge in [-0.25, -0.2) is 4.39 Å². The number of nitrogens with zero attached hydrogens (tertiary/aromatic N) is 2. The highest BCUT2D eigenvalue weighted by Gasteiger charge is 2.13. The third-order valence-electron chi connectivity index (χ3n) is 3.58. The Morgan fingerprint density at radius 3 is 2.38 bits per heavy atom. The van der Waals surface area contributed by atoms with Crippen LogP contribution in [0.1, 0.15) is 16.2 Å². The van der Waals surface area contributed by atoms with Crippen molar-refractivity contribution in [3.05, 3.63) is 59.7 Å². The van der Waals surface area contributed by atoms with E-state index in [1.54, 1.807) is 30.3 Å². The van der Waals surface area contributed by atoms with E-state index >= 15 is 0 Å². The van der Waals surface area contributed by atoms with Gasteiger partial charge in [-0.2, -0.15) is 4.98 Å². The fraction of sp³-hybridized carbons (Fsp3) is 0.167.